The molecule has 5 nitrogen and oxygen atoms in total. The van der Waals surface area contributed by atoms with E-state index in [1.807, 2.05) is 26.8 Å². The van der Waals surface area contributed by atoms with Crippen LogP contribution in [0.15, 0.2) is 18.3 Å². The van der Waals surface area contributed by atoms with Gasteiger partial charge >= 0.3 is 6.09 Å². The van der Waals surface area contributed by atoms with Gasteiger partial charge in [0.1, 0.15) is 11.4 Å². The molecule has 2 rings (SSSR count). The molecule has 1 amide bonds. The van der Waals surface area contributed by atoms with Crippen LogP contribution in [-0.2, 0) is 4.74 Å². The Kier molecular flexibility index (Phi) is 6.25. The van der Waals surface area contributed by atoms with Crippen LogP contribution in [0.1, 0.15) is 65.7 Å². The Morgan fingerprint density at radius 3 is 2.35 bits per heavy atom. The lowest BCUT2D eigenvalue weighted by atomic mass is 9.96. The fourth-order valence-corrected chi connectivity index (χ4v) is 2.80. The summed E-state index contributed by atoms with van der Waals surface area (Å²) >= 11 is 0. The quantitative estimate of drug-likeness (QED) is 0.827. The van der Waals surface area contributed by atoms with E-state index in [1.165, 1.54) is 44.9 Å². The van der Waals surface area contributed by atoms with Crippen LogP contribution in [-0.4, -0.2) is 22.7 Å². The molecule has 1 saturated carbocycles. The van der Waals surface area contributed by atoms with Crippen LogP contribution in [0.5, 0.6) is 0 Å². The highest BCUT2D eigenvalue weighted by atomic mass is 16.6. The second-order valence-corrected chi connectivity index (χ2v) is 7.25. The molecule has 0 bridgehead atoms. The van der Waals surface area contributed by atoms with Crippen molar-refractivity contribution in [2.24, 2.45) is 0 Å². The third kappa shape index (κ3) is 6.89. The van der Waals surface area contributed by atoms with Gasteiger partial charge in [-0.25, -0.2) is 9.78 Å². The van der Waals surface area contributed by atoms with Crippen LogP contribution >= 0.6 is 0 Å². The molecule has 0 saturated heterocycles. The molecule has 0 unspecified atom stereocenters. The highest BCUT2D eigenvalue weighted by molar-refractivity contribution is 5.83. The summed E-state index contributed by atoms with van der Waals surface area (Å²) in [4.78, 5) is 16.0. The third-order valence-electron chi connectivity index (χ3n) is 3.87. The first-order valence-electron chi connectivity index (χ1n) is 8.65. The number of amides is 1. The van der Waals surface area contributed by atoms with Gasteiger partial charge in [0.2, 0.25) is 0 Å². The Labute approximate surface area is 139 Å². The fourth-order valence-electron chi connectivity index (χ4n) is 2.80. The van der Waals surface area contributed by atoms with E-state index in [2.05, 4.69) is 15.6 Å². The maximum atomic E-state index is 11.7. The molecule has 0 radical (unpaired) electrons. The summed E-state index contributed by atoms with van der Waals surface area (Å²) in [7, 11) is 0. The Hall–Kier alpha value is -1.78. The molecule has 1 aromatic rings. The standard InChI is InChI=1S/C18H29N3O2/c1-18(2,3)23-17(22)21-16-12-11-15(13-19-16)20-14-9-7-5-4-6-8-10-14/h11-14,20H,4-10H2,1-3H3,(H,19,21,22). The zero-order valence-corrected chi connectivity index (χ0v) is 14.5. The minimum absolute atomic E-state index is 0.481. The molecular formula is C18H29N3O2. The van der Waals surface area contributed by atoms with Crippen molar-refractivity contribution < 1.29 is 9.53 Å². The van der Waals surface area contributed by atoms with E-state index >= 15 is 0 Å². The van der Waals surface area contributed by atoms with Crippen molar-refractivity contribution in [3.63, 3.8) is 0 Å². The first-order valence-corrected chi connectivity index (χ1v) is 8.65. The molecule has 0 aliphatic heterocycles. The fraction of sp³-hybridized carbons (Fsp3) is 0.667. The molecule has 0 aromatic carbocycles. The number of carbonyl (C=O) groups excluding carboxylic acids is 1. The van der Waals surface area contributed by atoms with E-state index in [1.54, 1.807) is 12.3 Å². The Morgan fingerprint density at radius 2 is 1.78 bits per heavy atom. The van der Waals surface area contributed by atoms with E-state index in [0.29, 0.717) is 11.9 Å². The van der Waals surface area contributed by atoms with Crippen LogP contribution in [0.4, 0.5) is 16.3 Å². The Balaban J connectivity index is 1.85. The molecule has 5 heteroatoms. The van der Waals surface area contributed by atoms with Crippen molar-refractivity contribution in [3.8, 4) is 0 Å². The minimum Gasteiger partial charge on any atom is -0.444 e. The molecule has 0 atom stereocenters. The van der Waals surface area contributed by atoms with Crippen LogP contribution in [0.25, 0.3) is 0 Å². The van der Waals surface area contributed by atoms with E-state index in [0.717, 1.165) is 5.69 Å². The van der Waals surface area contributed by atoms with Gasteiger partial charge in [-0.3, -0.25) is 5.32 Å². The van der Waals surface area contributed by atoms with Crippen molar-refractivity contribution in [1.82, 2.24) is 4.98 Å². The van der Waals surface area contributed by atoms with Gasteiger partial charge in [-0.05, 0) is 45.7 Å². The second kappa shape index (κ2) is 8.18. The number of nitrogens with zero attached hydrogens (tertiary/aromatic N) is 1. The summed E-state index contributed by atoms with van der Waals surface area (Å²) < 4.78 is 5.21. The predicted octanol–water partition coefficient (Wildman–Crippen LogP) is 4.95. The maximum Gasteiger partial charge on any atom is 0.413 e. The molecule has 1 heterocycles. The topological polar surface area (TPSA) is 63.2 Å². The Morgan fingerprint density at radius 1 is 1.13 bits per heavy atom. The van der Waals surface area contributed by atoms with Crippen molar-refractivity contribution >= 4 is 17.6 Å². The monoisotopic (exact) mass is 319 g/mol. The number of nitrogens with one attached hydrogen (secondary N) is 2. The summed E-state index contributed by atoms with van der Waals surface area (Å²) in [6.45, 7) is 5.51. The van der Waals surface area contributed by atoms with Crippen molar-refractivity contribution in [1.29, 1.82) is 0 Å². The smallest absolute Gasteiger partial charge is 0.413 e. The summed E-state index contributed by atoms with van der Waals surface area (Å²) in [6.07, 6.45) is 10.4. The number of carbonyl (C=O) groups is 1. The summed E-state index contributed by atoms with van der Waals surface area (Å²) in [5, 5.41) is 6.21. The lowest BCUT2D eigenvalue weighted by molar-refractivity contribution is 0.0635. The van der Waals surface area contributed by atoms with Crippen LogP contribution in [0.3, 0.4) is 0 Å². The van der Waals surface area contributed by atoms with Gasteiger partial charge in [0.25, 0.3) is 0 Å². The predicted molar refractivity (Wildman–Crippen MR) is 93.8 cm³/mol. The maximum absolute atomic E-state index is 11.7. The lowest BCUT2D eigenvalue weighted by Crippen LogP contribution is -2.27. The normalized spacial score (nSPS) is 17.0. The van der Waals surface area contributed by atoms with E-state index in [9.17, 15) is 4.79 Å². The minimum atomic E-state index is -0.510. The number of hydrogen-bond donors (Lipinski definition) is 2. The van der Waals surface area contributed by atoms with Gasteiger partial charge in [-0.15, -0.1) is 0 Å². The molecule has 1 fully saturated rings. The van der Waals surface area contributed by atoms with Gasteiger partial charge in [0, 0.05) is 6.04 Å². The zero-order chi connectivity index (χ0) is 16.7. The highest BCUT2D eigenvalue weighted by Gasteiger charge is 2.16. The van der Waals surface area contributed by atoms with Gasteiger partial charge in [0.15, 0.2) is 0 Å². The first-order chi connectivity index (χ1) is 10.9. The largest absolute Gasteiger partial charge is 0.444 e. The Bertz CT molecular complexity index is 486. The average Bonchev–Trinajstić information content (AvgIpc) is 2.41. The number of aromatic nitrogens is 1. The SMILES string of the molecule is CC(C)(C)OC(=O)Nc1ccc(NC2CCCCCCC2)cn1. The summed E-state index contributed by atoms with van der Waals surface area (Å²) in [5.41, 5.74) is 0.495. The number of pyridine rings is 1. The van der Waals surface area contributed by atoms with E-state index in [4.69, 9.17) is 4.74 Å². The number of anilines is 2. The molecule has 128 valence electrons. The van der Waals surface area contributed by atoms with Gasteiger partial charge in [-0.2, -0.15) is 0 Å². The molecule has 1 aliphatic carbocycles. The zero-order valence-electron chi connectivity index (χ0n) is 14.5. The van der Waals surface area contributed by atoms with E-state index < -0.39 is 11.7 Å². The lowest BCUT2D eigenvalue weighted by Gasteiger charge is -2.22. The number of hydrogen-bond acceptors (Lipinski definition) is 4. The van der Waals surface area contributed by atoms with Crippen LogP contribution in [0, 0.1) is 0 Å². The second-order valence-electron chi connectivity index (χ2n) is 7.25. The van der Waals surface area contributed by atoms with E-state index in [-0.39, 0.29) is 0 Å². The van der Waals surface area contributed by atoms with Gasteiger partial charge in [0.05, 0.1) is 11.9 Å². The van der Waals surface area contributed by atoms with Gasteiger partial charge < -0.3 is 10.1 Å². The number of rotatable bonds is 3. The third-order valence-corrected chi connectivity index (χ3v) is 3.87. The van der Waals surface area contributed by atoms with Crippen LogP contribution < -0.4 is 10.6 Å². The molecule has 2 N–H and O–H groups in total. The molecule has 23 heavy (non-hydrogen) atoms. The molecule has 0 spiro atoms. The summed E-state index contributed by atoms with van der Waals surface area (Å²) in [6, 6.07) is 4.29. The van der Waals surface area contributed by atoms with Crippen molar-refractivity contribution in [2.75, 3.05) is 10.6 Å². The molecular weight excluding hydrogens is 290 g/mol. The molecule has 1 aromatic heterocycles. The van der Waals surface area contributed by atoms with Crippen LogP contribution in [0.2, 0.25) is 0 Å². The summed E-state index contributed by atoms with van der Waals surface area (Å²) in [5.74, 6) is 0.502. The highest BCUT2D eigenvalue weighted by Crippen LogP contribution is 2.21. The van der Waals surface area contributed by atoms with Gasteiger partial charge in [-0.1, -0.05) is 32.1 Å². The average molecular weight is 319 g/mol. The van der Waals surface area contributed by atoms with Crippen molar-refractivity contribution in [3.05, 3.63) is 18.3 Å². The molecule has 1 aliphatic rings. The van der Waals surface area contributed by atoms with Crippen molar-refractivity contribution in [2.45, 2.75) is 77.4 Å². The first kappa shape index (κ1) is 17.6. The number of ether oxygens (including phenoxy) is 1.